The van der Waals surface area contributed by atoms with Crippen molar-refractivity contribution in [2.45, 2.75) is 0 Å². The second-order valence-corrected chi connectivity index (χ2v) is 5.40. The lowest BCUT2D eigenvalue weighted by Gasteiger charge is -2.04. The van der Waals surface area contributed by atoms with Crippen LogP contribution in [0.4, 0.5) is 0 Å². The van der Waals surface area contributed by atoms with Crippen molar-refractivity contribution in [1.82, 2.24) is 14.5 Å². The molecular weight excluding hydrogens is 274 g/mol. The van der Waals surface area contributed by atoms with Gasteiger partial charge in [-0.25, -0.2) is 9.36 Å². The molecule has 0 saturated heterocycles. The Balaban J connectivity index is 2.10. The summed E-state index contributed by atoms with van der Waals surface area (Å²) in [6, 6.07) is 9.06. The van der Waals surface area contributed by atoms with Crippen LogP contribution in [0.1, 0.15) is 0 Å². The van der Waals surface area contributed by atoms with E-state index in [0.717, 1.165) is 10.9 Å². The van der Waals surface area contributed by atoms with Crippen molar-refractivity contribution in [3.63, 3.8) is 0 Å². The lowest BCUT2D eigenvalue weighted by Crippen LogP contribution is -2.33. The van der Waals surface area contributed by atoms with Gasteiger partial charge in [0.1, 0.15) is 4.83 Å². The Bertz CT molecular complexity index is 1050. The third-order valence-corrected chi connectivity index (χ3v) is 4.15. The maximum absolute atomic E-state index is 12.4. The van der Waals surface area contributed by atoms with E-state index in [4.69, 9.17) is 0 Å². The van der Waals surface area contributed by atoms with E-state index in [9.17, 15) is 9.59 Å². The molecule has 4 aromatic rings. The topological polar surface area (TPSA) is 70.7 Å². The molecule has 0 bridgehead atoms. The fraction of sp³-hybridized carbons (Fsp3) is 0. The standard InChI is InChI=1S/C14H9N3O2S/c18-13-10-4-6-20-12(10)16-14(19)17(13)9-1-2-11-8(7-9)3-5-15-11/h1-7,15H,(H,16,19). The molecule has 3 aromatic heterocycles. The fourth-order valence-corrected chi connectivity index (χ4v) is 3.12. The zero-order valence-electron chi connectivity index (χ0n) is 10.2. The first-order chi connectivity index (χ1) is 9.74. The Hall–Kier alpha value is -2.60. The number of nitrogens with one attached hydrogen (secondary N) is 2. The van der Waals surface area contributed by atoms with Crippen LogP contribution in [-0.2, 0) is 0 Å². The van der Waals surface area contributed by atoms with Gasteiger partial charge >= 0.3 is 5.69 Å². The number of thiophene rings is 1. The smallest absolute Gasteiger partial charge is 0.334 e. The summed E-state index contributed by atoms with van der Waals surface area (Å²) in [5.74, 6) is 0. The number of aromatic amines is 2. The van der Waals surface area contributed by atoms with Crippen LogP contribution in [0.25, 0.3) is 26.8 Å². The molecule has 0 atom stereocenters. The molecule has 20 heavy (non-hydrogen) atoms. The highest BCUT2D eigenvalue weighted by atomic mass is 32.1. The van der Waals surface area contributed by atoms with E-state index in [2.05, 4.69) is 9.97 Å². The first-order valence-corrected chi connectivity index (χ1v) is 6.92. The Morgan fingerprint density at radius 2 is 2.00 bits per heavy atom. The molecule has 0 aliphatic heterocycles. The predicted octanol–water partition coefficient (Wildman–Crippen LogP) is 2.22. The van der Waals surface area contributed by atoms with Crippen molar-refractivity contribution in [1.29, 1.82) is 0 Å². The van der Waals surface area contributed by atoms with Crippen LogP contribution in [-0.4, -0.2) is 14.5 Å². The molecule has 0 saturated carbocycles. The first-order valence-electron chi connectivity index (χ1n) is 6.04. The minimum absolute atomic E-state index is 0.292. The molecule has 0 aliphatic rings. The summed E-state index contributed by atoms with van der Waals surface area (Å²) in [5.41, 5.74) is 0.825. The van der Waals surface area contributed by atoms with E-state index >= 15 is 0 Å². The summed E-state index contributed by atoms with van der Waals surface area (Å²) in [7, 11) is 0. The Morgan fingerprint density at radius 3 is 2.90 bits per heavy atom. The normalized spacial score (nSPS) is 11.4. The highest BCUT2D eigenvalue weighted by molar-refractivity contribution is 7.16. The molecule has 0 spiro atoms. The van der Waals surface area contributed by atoms with E-state index in [-0.39, 0.29) is 5.56 Å². The summed E-state index contributed by atoms with van der Waals surface area (Å²) >= 11 is 1.35. The number of rotatable bonds is 1. The number of hydrogen-bond acceptors (Lipinski definition) is 3. The molecule has 0 fully saturated rings. The van der Waals surface area contributed by atoms with Crippen LogP contribution >= 0.6 is 11.3 Å². The molecule has 3 heterocycles. The Morgan fingerprint density at radius 1 is 1.10 bits per heavy atom. The lowest BCUT2D eigenvalue weighted by atomic mass is 10.2. The van der Waals surface area contributed by atoms with Gasteiger partial charge in [-0.3, -0.25) is 9.78 Å². The SMILES string of the molecule is O=c1[nH]c2sccc2c(=O)n1-c1ccc2[nH]ccc2c1. The highest BCUT2D eigenvalue weighted by Crippen LogP contribution is 2.17. The van der Waals surface area contributed by atoms with Gasteiger partial charge < -0.3 is 4.98 Å². The second kappa shape index (κ2) is 3.94. The maximum atomic E-state index is 12.4. The van der Waals surface area contributed by atoms with Crippen molar-refractivity contribution in [2.75, 3.05) is 0 Å². The van der Waals surface area contributed by atoms with Crippen molar-refractivity contribution in [2.24, 2.45) is 0 Å². The molecular formula is C14H9N3O2S. The fourth-order valence-electron chi connectivity index (χ4n) is 2.35. The summed E-state index contributed by atoms with van der Waals surface area (Å²) in [6.07, 6.45) is 1.82. The quantitative estimate of drug-likeness (QED) is 0.562. The number of aromatic nitrogens is 3. The van der Waals surface area contributed by atoms with Crippen LogP contribution in [0.3, 0.4) is 0 Å². The monoisotopic (exact) mass is 283 g/mol. The largest absolute Gasteiger partial charge is 0.361 e. The van der Waals surface area contributed by atoms with E-state index in [1.807, 2.05) is 24.4 Å². The number of nitrogens with zero attached hydrogens (tertiary/aromatic N) is 1. The molecule has 0 unspecified atom stereocenters. The number of fused-ring (bicyclic) bond motifs is 2. The van der Waals surface area contributed by atoms with Crippen molar-refractivity contribution in [3.8, 4) is 5.69 Å². The van der Waals surface area contributed by atoms with Gasteiger partial charge in [-0.2, -0.15) is 0 Å². The zero-order valence-corrected chi connectivity index (χ0v) is 11.0. The summed E-state index contributed by atoms with van der Waals surface area (Å²) in [5, 5.41) is 3.28. The average molecular weight is 283 g/mol. The molecule has 0 amide bonds. The molecule has 6 heteroatoms. The third kappa shape index (κ3) is 1.48. The van der Waals surface area contributed by atoms with Gasteiger partial charge in [-0.1, -0.05) is 0 Å². The van der Waals surface area contributed by atoms with Crippen LogP contribution in [0.2, 0.25) is 0 Å². The molecule has 4 rings (SSSR count). The number of benzene rings is 1. The number of hydrogen-bond donors (Lipinski definition) is 2. The maximum Gasteiger partial charge on any atom is 0.334 e. The summed E-state index contributed by atoms with van der Waals surface area (Å²) in [6.45, 7) is 0. The minimum atomic E-state index is -0.417. The van der Waals surface area contributed by atoms with Gasteiger partial charge in [0.2, 0.25) is 0 Å². The van der Waals surface area contributed by atoms with Gasteiger partial charge in [0.05, 0.1) is 11.1 Å². The summed E-state index contributed by atoms with van der Waals surface area (Å²) in [4.78, 5) is 31.0. The molecule has 1 aromatic carbocycles. The van der Waals surface area contributed by atoms with Crippen LogP contribution in [0.5, 0.6) is 0 Å². The Labute approximate surface area is 116 Å². The molecule has 2 N–H and O–H groups in total. The van der Waals surface area contributed by atoms with Gasteiger partial charge in [0.15, 0.2) is 0 Å². The lowest BCUT2D eigenvalue weighted by molar-refractivity contribution is 0.906. The van der Waals surface area contributed by atoms with Gasteiger partial charge in [-0.15, -0.1) is 11.3 Å². The van der Waals surface area contributed by atoms with Gasteiger partial charge in [-0.05, 0) is 35.7 Å². The third-order valence-electron chi connectivity index (χ3n) is 3.32. The second-order valence-electron chi connectivity index (χ2n) is 4.48. The highest BCUT2D eigenvalue weighted by Gasteiger charge is 2.10. The van der Waals surface area contributed by atoms with E-state index < -0.39 is 5.69 Å². The first kappa shape index (κ1) is 11.2. The van der Waals surface area contributed by atoms with Gasteiger partial charge in [0, 0.05) is 17.1 Å². The van der Waals surface area contributed by atoms with Gasteiger partial charge in [0.25, 0.3) is 5.56 Å². The average Bonchev–Trinajstić information content (AvgIpc) is 3.06. The minimum Gasteiger partial charge on any atom is -0.361 e. The molecule has 98 valence electrons. The van der Waals surface area contributed by atoms with E-state index in [1.54, 1.807) is 17.5 Å². The van der Waals surface area contributed by atoms with E-state index in [0.29, 0.717) is 15.9 Å². The van der Waals surface area contributed by atoms with Crippen molar-refractivity contribution < 1.29 is 0 Å². The predicted molar refractivity (Wildman–Crippen MR) is 79.9 cm³/mol. The molecule has 0 aliphatic carbocycles. The van der Waals surface area contributed by atoms with Crippen molar-refractivity contribution >= 4 is 32.5 Å². The zero-order chi connectivity index (χ0) is 13.7. The molecule has 0 radical (unpaired) electrons. The van der Waals surface area contributed by atoms with Crippen LogP contribution < -0.4 is 11.2 Å². The summed E-state index contributed by atoms with van der Waals surface area (Å²) < 4.78 is 1.17. The molecule has 5 nitrogen and oxygen atoms in total. The van der Waals surface area contributed by atoms with Crippen LogP contribution in [0, 0.1) is 0 Å². The Kier molecular flexibility index (Phi) is 2.22. The van der Waals surface area contributed by atoms with E-state index in [1.165, 1.54) is 15.9 Å². The van der Waals surface area contributed by atoms with Crippen LogP contribution in [0.15, 0.2) is 51.5 Å². The number of H-pyrrole nitrogens is 2. The van der Waals surface area contributed by atoms with Crippen molar-refractivity contribution in [3.05, 3.63) is 62.7 Å².